The maximum atomic E-state index is 11.9. The van der Waals surface area contributed by atoms with Gasteiger partial charge in [-0.2, -0.15) is 0 Å². The van der Waals surface area contributed by atoms with Gasteiger partial charge >= 0.3 is 5.69 Å². The summed E-state index contributed by atoms with van der Waals surface area (Å²) in [7, 11) is -1.26. The Morgan fingerprint density at radius 1 is 1.28 bits per heavy atom. The van der Waals surface area contributed by atoms with E-state index in [0.29, 0.717) is 0 Å². The van der Waals surface area contributed by atoms with Crippen LogP contribution in [-0.4, -0.2) is 24.1 Å². The second-order valence-electron chi connectivity index (χ2n) is 4.50. The molecular weight excluding hydrogens is 258 g/mol. The maximum Gasteiger partial charge on any atom is 0.330 e. The van der Waals surface area contributed by atoms with Crippen LogP contribution >= 0.6 is 0 Å². The first-order chi connectivity index (χ1) is 8.16. The van der Waals surface area contributed by atoms with Gasteiger partial charge in [0.05, 0.1) is 0 Å². The fraction of sp³-hybridized carbons (Fsp3) is 0.600. The van der Waals surface area contributed by atoms with E-state index in [1.54, 1.807) is 0 Å². The van der Waals surface area contributed by atoms with Gasteiger partial charge in [-0.3, -0.25) is 9.36 Å². The van der Waals surface area contributed by atoms with Gasteiger partial charge in [-0.1, -0.05) is 13.8 Å². The average molecular weight is 275 g/mol. The van der Waals surface area contributed by atoms with Crippen molar-refractivity contribution in [3.8, 4) is 0 Å². The number of nitrogens with zero attached hydrogens (tertiary/aromatic N) is 2. The topological polar surface area (TPSA) is 90.2 Å². The van der Waals surface area contributed by atoms with Crippen LogP contribution in [0.2, 0.25) is 0 Å². The van der Waals surface area contributed by atoms with E-state index < -0.39 is 26.2 Å². The minimum atomic E-state index is -3.89. The van der Waals surface area contributed by atoms with Crippen LogP contribution in [-0.2, 0) is 24.1 Å². The van der Waals surface area contributed by atoms with Crippen LogP contribution in [0.1, 0.15) is 13.8 Å². The molecule has 0 radical (unpaired) electrons. The third-order valence-corrected chi connectivity index (χ3v) is 3.79. The van der Waals surface area contributed by atoms with Crippen molar-refractivity contribution in [1.82, 2.24) is 13.9 Å². The van der Waals surface area contributed by atoms with Gasteiger partial charge in [0.15, 0.2) is 4.90 Å². The number of hydrogen-bond acceptors (Lipinski definition) is 4. The van der Waals surface area contributed by atoms with E-state index in [1.165, 1.54) is 14.1 Å². The van der Waals surface area contributed by atoms with Crippen LogP contribution in [0.25, 0.3) is 0 Å². The van der Waals surface area contributed by atoms with Crippen LogP contribution in [0.5, 0.6) is 0 Å². The fourth-order valence-corrected chi connectivity index (χ4v) is 2.69. The van der Waals surface area contributed by atoms with Gasteiger partial charge in [0.25, 0.3) is 5.56 Å². The van der Waals surface area contributed by atoms with Crippen molar-refractivity contribution >= 4 is 10.0 Å². The highest BCUT2D eigenvalue weighted by atomic mass is 32.2. The van der Waals surface area contributed by atoms with Gasteiger partial charge in [0.2, 0.25) is 10.0 Å². The van der Waals surface area contributed by atoms with E-state index in [0.717, 1.165) is 15.3 Å². The highest BCUT2D eigenvalue weighted by molar-refractivity contribution is 7.89. The van der Waals surface area contributed by atoms with Crippen LogP contribution in [0, 0.1) is 5.92 Å². The van der Waals surface area contributed by atoms with Gasteiger partial charge in [-0.25, -0.2) is 17.9 Å². The van der Waals surface area contributed by atoms with E-state index in [2.05, 4.69) is 4.72 Å². The van der Waals surface area contributed by atoms with E-state index in [-0.39, 0.29) is 12.5 Å². The Hall–Kier alpha value is -1.41. The minimum absolute atomic E-state index is 0.121. The predicted octanol–water partition coefficient (Wildman–Crippen LogP) is -0.982. The number of sulfonamides is 1. The molecule has 8 heteroatoms. The first-order valence-corrected chi connectivity index (χ1v) is 6.91. The molecule has 1 N–H and O–H groups in total. The number of aromatic nitrogens is 2. The quantitative estimate of drug-likeness (QED) is 0.764. The molecule has 1 aromatic rings. The third-order valence-electron chi connectivity index (χ3n) is 2.39. The summed E-state index contributed by atoms with van der Waals surface area (Å²) in [5, 5.41) is 0. The van der Waals surface area contributed by atoms with Crippen molar-refractivity contribution < 1.29 is 8.42 Å². The van der Waals surface area contributed by atoms with E-state index in [9.17, 15) is 18.0 Å². The van der Waals surface area contributed by atoms with Crippen molar-refractivity contribution in [2.75, 3.05) is 6.54 Å². The van der Waals surface area contributed by atoms with Crippen molar-refractivity contribution in [3.05, 3.63) is 27.0 Å². The van der Waals surface area contributed by atoms with Gasteiger partial charge in [0.1, 0.15) is 0 Å². The van der Waals surface area contributed by atoms with Gasteiger partial charge in [0, 0.05) is 26.8 Å². The highest BCUT2D eigenvalue weighted by Gasteiger charge is 2.21. The zero-order valence-corrected chi connectivity index (χ0v) is 11.6. The summed E-state index contributed by atoms with van der Waals surface area (Å²) < 4.78 is 28.0. The largest absolute Gasteiger partial charge is 0.330 e. The molecule has 0 spiro atoms. The zero-order valence-electron chi connectivity index (χ0n) is 10.8. The first kappa shape index (κ1) is 14.7. The number of aryl methyl sites for hydroxylation is 1. The van der Waals surface area contributed by atoms with Gasteiger partial charge in [-0.05, 0) is 5.92 Å². The van der Waals surface area contributed by atoms with Crippen molar-refractivity contribution in [3.63, 3.8) is 0 Å². The summed E-state index contributed by atoms with van der Waals surface area (Å²) in [6.45, 7) is 3.93. The molecule has 0 bridgehead atoms. The number of hydrogen-bond donors (Lipinski definition) is 1. The number of rotatable bonds is 4. The molecule has 0 aliphatic rings. The van der Waals surface area contributed by atoms with Crippen molar-refractivity contribution in [2.24, 2.45) is 20.0 Å². The molecule has 0 saturated heterocycles. The summed E-state index contributed by atoms with van der Waals surface area (Å²) in [4.78, 5) is 22.8. The van der Waals surface area contributed by atoms with Gasteiger partial charge in [-0.15, -0.1) is 0 Å². The second-order valence-corrected chi connectivity index (χ2v) is 6.23. The Bertz CT molecular complexity index is 655. The molecule has 0 atom stereocenters. The Labute approximate surface area is 105 Å². The predicted molar refractivity (Wildman–Crippen MR) is 67.0 cm³/mol. The SMILES string of the molecule is CC(C)CNS(=O)(=O)c1cn(C)c(=O)n(C)c1=O. The lowest BCUT2D eigenvalue weighted by molar-refractivity contribution is 0.552. The molecule has 1 aromatic heterocycles. The molecule has 0 fully saturated rings. The molecule has 18 heavy (non-hydrogen) atoms. The van der Waals surface area contributed by atoms with Gasteiger partial charge < -0.3 is 4.57 Å². The lowest BCUT2D eigenvalue weighted by Crippen LogP contribution is -2.41. The Kier molecular flexibility index (Phi) is 4.12. The van der Waals surface area contributed by atoms with Crippen molar-refractivity contribution in [1.29, 1.82) is 0 Å². The van der Waals surface area contributed by atoms with E-state index in [1.807, 2.05) is 13.8 Å². The molecule has 0 aliphatic carbocycles. The summed E-state index contributed by atoms with van der Waals surface area (Å²) in [5.41, 5.74) is -1.39. The molecule has 0 aromatic carbocycles. The maximum absolute atomic E-state index is 11.9. The fourth-order valence-electron chi connectivity index (χ4n) is 1.31. The third kappa shape index (κ3) is 2.88. The van der Waals surface area contributed by atoms with Crippen LogP contribution in [0.15, 0.2) is 20.7 Å². The molecule has 0 saturated carbocycles. The summed E-state index contributed by atoms with van der Waals surface area (Å²) in [6, 6.07) is 0. The monoisotopic (exact) mass is 275 g/mol. The van der Waals surface area contributed by atoms with Crippen LogP contribution in [0.4, 0.5) is 0 Å². The number of nitrogens with one attached hydrogen (secondary N) is 1. The minimum Gasteiger partial charge on any atom is -0.302 e. The molecule has 0 aliphatic heterocycles. The van der Waals surface area contributed by atoms with E-state index in [4.69, 9.17) is 0 Å². The Morgan fingerprint density at radius 2 is 1.83 bits per heavy atom. The smallest absolute Gasteiger partial charge is 0.302 e. The molecule has 7 nitrogen and oxygen atoms in total. The molecular formula is C10H17N3O4S. The Balaban J connectivity index is 3.35. The van der Waals surface area contributed by atoms with Crippen LogP contribution < -0.4 is 16.0 Å². The average Bonchev–Trinajstić information content (AvgIpc) is 2.28. The normalized spacial score (nSPS) is 12.1. The van der Waals surface area contributed by atoms with Crippen molar-refractivity contribution in [2.45, 2.75) is 18.7 Å². The first-order valence-electron chi connectivity index (χ1n) is 5.43. The summed E-state index contributed by atoms with van der Waals surface area (Å²) in [5.74, 6) is 0.121. The zero-order chi connectivity index (χ0) is 14.1. The lowest BCUT2D eigenvalue weighted by atomic mass is 10.2. The Morgan fingerprint density at radius 3 is 2.33 bits per heavy atom. The second kappa shape index (κ2) is 5.07. The molecule has 102 valence electrons. The van der Waals surface area contributed by atoms with Crippen LogP contribution in [0.3, 0.4) is 0 Å². The standard InChI is InChI=1S/C10H17N3O4S/c1-7(2)5-11-18(16,17)8-6-12(3)10(15)13(4)9(8)14/h6-7,11H,5H2,1-4H3. The molecule has 0 unspecified atom stereocenters. The molecule has 1 rings (SSSR count). The van der Waals surface area contributed by atoms with E-state index >= 15 is 0 Å². The summed E-state index contributed by atoms with van der Waals surface area (Å²) in [6.07, 6.45) is 1.04. The highest BCUT2D eigenvalue weighted by Crippen LogP contribution is 2.01. The summed E-state index contributed by atoms with van der Waals surface area (Å²) >= 11 is 0. The molecule has 1 heterocycles. The lowest BCUT2D eigenvalue weighted by Gasteiger charge is -2.10. The molecule has 0 amide bonds.